The van der Waals surface area contributed by atoms with Crippen molar-refractivity contribution in [1.29, 1.82) is 0 Å². The van der Waals surface area contributed by atoms with Gasteiger partial charge in [-0.25, -0.2) is 19.0 Å². The Morgan fingerprint density at radius 1 is 1.21 bits per heavy atom. The number of hydrogen-bond donors (Lipinski definition) is 2. The summed E-state index contributed by atoms with van der Waals surface area (Å²) in [6.45, 7) is 0.590. The van der Waals surface area contributed by atoms with Crippen LogP contribution in [0, 0.1) is 11.6 Å². The Labute approximate surface area is 190 Å². The first-order chi connectivity index (χ1) is 16.1. The standard InChI is InChI=1S/C19H21F4N5O6/c1-10(29)33-9-15(30)28-5-4-26(3-2-24-28)16-12(20)6-11(7-13(16)21)27-8-14(34-19(27)32)25-18(31)17(22)23/h6-7,14,17,24H,2-5,8-9H2,1H3,(H,25,31). The first-order valence-corrected chi connectivity index (χ1v) is 10.0. The average Bonchev–Trinajstić information content (AvgIpc) is 2.96. The molecule has 3 amide bonds. The lowest BCUT2D eigenvalue weighted by molar-refractivity contribution is -0.151. The van der Waals surface area contributed by atoms with Crippen LogP contribution in [0.5, 0.6) is 0 Å². The highest BCUT2D eigenvalue weighted by Gasteiger charge is 2.36. The first kappa shape index (κ1) is 25.0. The second kappa shape index (κ2) is 10.5. The highest BCUT2D eigenvalue weighted by atomic mass is 19.3. The number of ether oxygens (including phenoxy) is 2. The maximum atomic E-state index is 14.9. The summed E-state index contributed by atoms with van der Waals surface area (Å²) >= 11 is 0. The zero-order valence-electron chi connectivity index (χ0n) is 17.9. The van der Waals surface area contributed by atoms with Gasteiger partial charge < -0.3 is 19.7 Å². The molecule has 0 saturated carbocycles. The zero-order valence-corrected chi connectivity index (χ0v) is 17.9. The van der Waals surface area contributed by atoms with Crippen LogP contribution in [0.1, 0.15) is 6.92 Å². The molecule has 2 aliphatic heterocycles. The van der Waals surface area contributed by atoms with Gasteiger partial charge in [-0.2, -0.15) is 8.78 Å². The molecule has 0 aliphatic carbocycles. The van der Waals surface area contributed by atoms with Gasteiger partial charge in [-0.05, 0) is 0 Å². The van der Waals surface area contributed by atoms with Crippen LogP contribution in [0.25, 0.3) is 0 Å². The number of esters is 1. The Balaban J connectivity index is 1.69. The number of anilines is 2. The van der Waals surface area contributed by atoms with Gasteiger partial charge in [0.1, 0.15) is 5.69 Å². The SMILES string of the molecule is CC(=O)OCC(=O)N1CCN(c2c(F)cc(N3CC(NC(=O)C(F)F)OC3=O)cc2F)CCN1. The van der Waals surface area contributed by atoms with E-state index in [-0.39, 0.29) is 31.9 Å². The predicted molar refractivity (Wildman–Crippen MR) is 107 cm³/mol. The molecule has 2 heterocycles. The highest BCUT2D eigenvalue weighted by Crippen LogP contribution is 2.31. The molecule has 1 aromatic rings. The molecule has 2 saturated heterocycles. The molecule has 0 aromatic heterocycles. The number of nitrogens with zero attached hydrogens (tertiary/aromatic N) is 3. The predicted octanol–water partition coefficient (Wildman–Crippen LogP) is 0.345. The lowest BCUT2D eigenvalue weighted by Crippen LogP contribution is -2.45. The van der Waals surface area contributed by atoms with Crippen LogP contribution in [0.3, 0.4) is 0 Å². The number of carbonyl (C=O) groups is 4. The highest BCUT2D eigenvalue weighted by molar-refractivity contribution is 5.91. The number of nitrogens with one attached hydrogen (secondary N) is 2. The Morgan fingerprint density at radius 2 is 1.88 bits per heavy atom. The number of cyclic esters (lactones) is 1. The minimum Gasteiger partial charge on any atom is -0.456 e. The van der Waals surface area contributed by atoms with Crippen molar-refractivity contribution in [2.75, 3.05) is 49.1 Å². The van der Waals surface area contributed by atoms with E-state index in [2.05, 4.69) is 10.2 Å². The van der Waals surface area contributed by atoms with E-state index < -0.39 is 67.0 Å². The third-order valence-corrected chi connectivity index (χ3v) is 4.92. The second-order valence-electron chi connectivity index (χ2n) is 7.27. The van der Waals surface area contributed by atoms with Crippen molar-refractivity contribution >= 4 is 35.3 Å². The molecule has 186 valence electrons. The van der Waals surface area contributed by atoms with E-state index in [4.69, 9.17) is 4.74 Å². The molecule has 3 rings (SSSR count). The number of amides is 3. The van der Waals surface area contributed by atoms with Crippen LogP contribution in [0.4, 0.5) is 33.7 Å². The molecule has 2 fully saturated rings. The van der Waals surface area contributed by atoms with Crippen molar-refractivity contribution < 1.29 is 46.2 Å². The summed E-state index contributed by atoms with van der Waals surface area (Å²) in [6.07, 6.45) is -5.81. The van der Waals surface area contributed by atoms with Gasteiger partial charge in [-0.15, -0.1) is 0 Å². The number of hydrogen-bond acceptors (Lipinski definition) is 8. The van der Waals surface area contributed by atoms with Gasteiger partial charge >= 0.3 is 18.5 Å². The van der Waals surface area contributed by atoms with E-state index in [1.807, 2.05) is 0 Å². The molecule has 34 heavy (non-hydrogen) atoms. The number of rotatable bonds is 6. The van der Waals surface area contributed by atoms with Crippen molar-refractivity contribution in [3.8, 4) is 0 Å². The normalized spacial score (nSPS) is 18.6. The lowest BCUT2D eigenvalue weighted by atomic mass is 10.2. The third kappa shape index (κ3) is 5.84. The number of benzene rings is 1. The van der Waals surface area contributed by atoms with Gasteiger partial charge in [0.25, 0.3) is 11.8 Å². The molecular formula is C19H21F4N5O6. The Hall–Kier alpha value is -3.62. The van der Waals surface area contributed by atoms with Gasteiger partial charge in [0.15, 0.2) is 24.5 Å². The minimum atomic E-state index is -3.32. The van der Waals surface area contributed by atoms with Gasteiger partial charge in [-0.1, -0.05) is 0 Å². The Bertz CT molecular complexity index is 957. The number of carbonyl (C=O) groups excluding carboxylic acids is 4. The summed E-state index contributed by atoms with van der Waals surface area (Å²) in [5.41, 5.74) is 2.16. The fourth-order valence-electron chi connectivity index (χ4n) is 3.39. The summed E-state index contributed by atoms with van der Waals surface area (Å²) in [6, 6.07) is 1.75. The van der Waals surface area contributed by atoms with Crippen molar-refractivity contribution in [1.82, 2.24) is 15.8 Å². The monoisotopic (exact) mass is 491 g/mol. The molecule has 1 atom stereocenters. The van der Waals surface area contributed by atoms with Crippen LogP contribution in [0.2, 0.25) is 0 Å². The summed E-state index contributed by atoms with van der Waals surface area (Å²) in [7, 11) is 0. The van der Waals surface area contributed by atoms with Crippen LogP contribution in [-0.4, -0.2) is 80.9 Å². The lowest BCUT2D eigenvalue weighted by Gasteiger charge is -2.25. The third-order valence-electron chi connectivity index (χ3n) is 4.92. The van der Waals surface area contributed by atoms with Crippen molar-refractivity contribution in [3.63, 3.8) is 0 Å². The van der Waals surface area contributed by atoms with Gasteiger partial charge in [0, 0.05) is 38.7 Å². The summed E-state index contributed by atoms with van der Waals surface area (Å²) in [5.74, 6) is -4.83. The van der Waals surface area contributed by atoms with E-state index in [1.54, 1.807) is 5.32 Å². The smallest absolute Gasteiger partial charge is 0.416 e. The molecule has 1 unspecified atom stereocenters. The fourth-order valence-corrected chi connectivity index (χ4v) is 3.39. The number of hydrazine groups is 1. The minimum absolute atomic E-state index is 0.0324. The maximum Gasteiger partial charge on any atom is 0.416 e. The summed E-state index contributed by atoms with van der Waals surface area (Å²) < 4.78 is 64.0. The van der Waals surface area contributed by atoms with Gasteiger partial charge in [0.2, 0.25) is 0 Å². The summed E-state index contributed by atoms with van der Waals surface area (Å²) in [4.78, 5) is 48.2. The van der Waals surface area contributed by atoms with Gasteiger partial charge in [0.05, 0.1) is 18.8 Å². The molecule has 2 N–H and O–H groups in total. The maximum absolute atomic E-state index is 14.9. The number of alkyl halides is 2. The quantitative estimate of drug-likeness (QED) is 0.432. The zero-order chi connectivity index (χ0) is 25.0. The molecule has 0 spiro atoms. The largest absolute Gasteiger partial charge is 0.456 e. The molecule has 0 bridgehead atoms. The van der Waals surface area contributed by atoms with E-state index >= 15 is 0 Å². The van der Waals surface area contributed by atoms with Crippen molar-refractivity contribution in [2.45, 2.75) is 19.6 Å². The molecule has 1 aromatic carbocycles. The van der Waals surface area contributed by atoms with E-state index in [0.29, 0.717) is 0 Å². The van der Waals surface area contributed by atoms with Crippen LogP contribution in [-0.2, 0) is 23.9 Å². The van der Waals surface area contributed by atoms with E-state index in [9.17, 15) is 36.7 Å². The molecule has 0 radical (unpaired) electrons. The molecular weight excluding hydrogens is 470 g/mol. The average molecular weight is 491 g/mol. The van der Waals surface area contributed by atoms with Crippen LogP contribution < -0.4 is 20.5 Å². The molecule has 2 aliphatic rings. The van der Waals surface area contributed by atoms with E-state index in [0.717, 1.165) is 24.0 Å². The fraction of sp³-hybridized carbons (Fsp3) is 0.474. The molecule has 15 heteroatoms. The van der Waals surface area contributed by atoms with Crippen LogP contribution in [0.15, 0.2) is 12.1 Å². The topological polar surface area (TPSA) is 121 Å². The number of halogens is 4. The second-order valence-corrected chi connectivity index (χ2v) is 7.27. The van der Waals surface area contributed by atoms with Crippen molar-refractivity contribution in [3.05, 3.63) is 23.8 Å². The van der Waals surface area contributed by atoms with Crippen molar-refractivity contribution in [2.24, 2.45) is 0 Å². The van der Waals surface area contributed by atoms with Gasteiger partial charge in [-0.3, -0.25) is 24.3 Å². The molecule has 11 nitrogen and oxygen atoms in total. The summed E-state index contributed by atoms with van der Waals surface area (Å²) in [5, 5.41) is 2.98. The first-order valence-electron chi connectivity index (χ1n) is 10.0. The van der Waals surface area contributed by atoms with Crippen LogP contribution >= 0.6 is 0 Å². The Kier molecular flexibility index (Phi) is 7.75. The Morgan fingerprint density at radius 3 is 2.50 bits per heavy atom. The van der Waals surface area contributed by atoms with E-state index in [1.165, 1.54) is 9.91 Å².